The summed E-state index contributed by atoms with van der Waals surface area (Å²) in [6, 6.07) is 11.5. The number of fused-ring (bicyclic) bond motifs is 1. The van der Waals surface area contributed by atoms with Crippen LogP contribution in [-0.4, -0.2) is 25.2 Å². The molecule has 2 aromatic carbocycles. The summed E-state index contributed by atoms with van der Waals surface area (Å²) >= 11 is 6.05. The quantitative estimate of drug-likeness (QED) is 0.795. The first-order valence-corrected chi connectivity index (χ1v) is 6.81. The number of carbonyl (C=O) groups excluding carboxylic acids is 1. The molecule has 21 heavy (non-hydrogen) atoms. The van der Waals surface area contributed by atoms with Crippen LogP contribution < -0.4 is 4.90 Å². The Bertz CT molecular complexity index is 758. The van der Waals surface area contributed by atoms with Crippen molar-refractivity contribution in [1.82, 2.24) is 0 Å². The standard InChI is InChI=1S/C16H12ClFN2O/c1-20-14-7-6-10(17)8-12(14)16(19-9-15(20)21)11-4-2-3-5-13(11)18/h2-8H,9H2,1H3/i1-1. The van der Waals surface area contributed by atoms with E-state index < -0.39 is 0 Å². The molecule has 0 spiro atoms. The molecule has 0 bridgehead atoms. The number of likely N-dealkylation sites (N-methyl/N-ethyl adjacent to an activating group) is 1. The minimum atomic E-state index is -0.376. The van der Waals surface area contributed by atoms with Crippen molar-refractivity contribution >= 4 is 28.9 Å². The third-order valence-electron chi connectivity index (χ3n) is 3.45. The zero-order chi connectivity index (χ0) is 15.0. The normalized spacial score (nSPS) is 14.5. The molecule has 0 fully saturated rings. The first-order valence-electron chi connectivity index (χ1n) is 6.44. The Hall–Kier alpha value is -2.20. The summed E-state index contributed by atoms with van der Waals surface area (Å²) in [4.78, 5) is 17.8. The molecular weight excluding hydrogens is 290 g/mol. The monoisotopic (exact) mass is 301 g/mol. The molecule has 0 radical (unpaired) electrons. The number of benzene rings is 2. The van der Waals surface area contributed by atoms with Crippen molar-refractivity contribution in [1.29, 1.82) is 0 Å². The van der Waals surface area contributed by atoms with Gasteiger partial charge >= 0.3 is 0 Å². The molecule has 1 aliphatic rings. The molecule has 1 heterocycles. The first kappa shape index (κ1) is 13.8. The van der Waals surface area contributed by atoms with E-state index in [2.05, 4.69) is 4.99 Å². The van der Waals surface area contributed by atoms with E-state index in [1.807, 2.05) is 0 Å². The number of benzodiazepines with no additional fused rings is 1. The summed E-state index contributed by atoms with van der Waals surface area (Å²) in [6.45, 7) is -0.0214. The van der Waals surface area contributed by atoms with Crippen LogP contribution in [0.1, 0.15) is 11.1 Å². The molecule has 0 N–H and O–H groups in total. The minimum Gasteiger partial charge on any atom is -0.313 e. The van der Waals surface area contributed by atoms with Gasteiger partial charge in [-0.3, -0.25) is 9.79 Å². The predicted octanol–water partition coefficient (Wildman–Crippen LogP) is 3.29. The van der Waals surface area contributed by atoms with E-state index >= 15 is 0 Å². The van der Waals surface area contributed by atoms with Gasteiger partial charge in [0.15, 0.2) is 0 Å². The van der Waals surface area contributed by atoms with E-state index in [0.29, 0.717) is 27.5 Å². The van der Waals surface area contributed by atoms with E-state index in [1.165, 1.54) is 11.0 Å². The largest absolute Gasteiger partial charge is 0.313 e. The lowest BCUT2D eigenvalue weighted by molar-refractivity contribution is -0.116. The average Bonchev–Trinajstić information content (AvgIpc) is 2.59. The molecule has 0 saturated carbocycles. The molecule has 0 unspecified atom stereocenters. The van der Waals surface area contributed by atoms with Crippen LogP contribution >= 0.6 is 11.6 Å². The van der Waals surface area contributed by atoms with E-state index in [9.17, 15) is 9.18 Å². The smallest absolute Gasteiger partial charge is 0.248 e. The van der Waals surface area contributed by atoms with Crippen molar-refractivity contribution in [3.63, 3.8) is 0 Å². The summed E-state index contributed by atoms with van der Waals surface area (Å²) in [7, 11) is 1.68. The number of aliphatic imine (C=N–C) groups is 1. The number of amides is 1. The van der Waals surface area contributed by atoms with Crippen LogP contribution in [0, 0.1) is 5.82 Å². The van der Waals surface area contributed by atoms with E-state index in [1.54, 1.807) is 43.4 Å². The minimum absolute atomic E-state index is 0.0214. The summed E-state index contributed by atoms with van der Waals surface area (Å²) in [6.07, 6.45) is 0. The zero-order valence-electron chi connectivity index (χ0n) is 11.3. The molecule has 2 aromatic rings. The highest BCUT2D eigenvalue weighted by atomic mass is 35.5. The number of halogens is 2. The van der Waals surface area contributed by atoms with Gasteiger partial charge in [0.1, 0.15) is 12.4 Å². The van der Waals surface area contributed by atoms with Crippen LogP contribution in [0.3, 0.4) is 0 Å². The van der Waals surface area contributed by atoms with Crippen LogP contribution in [-0.2, 0) is 4.79 Å². The predicted molar refractivity (Wildman–Crippen MR) is 81.8 cm³/mol. The van der Waals surface area contributed by atoms with Crippen molar-refractivity contribution in [2.45, 2.75) is 0 Å². The van der Waals surface area contributed by atoms with Gasteiger partial charge in [-0.25, -0.2) is 4.39 Å². The van der Waals surface area contributed by atoms with Gasteiger partial charge < -0.3 is 4.90 Å². The lowest BCUT2D eigenvalue weighted by Crippen LogP contribution is -2.27. The highest BCUT2D eigenvalue weighted by Gasteiger charge is 2.23. The number of rotatable bonds is 1. The number of hydrogen-bond donors (Lipinski definition) is 0. The number of hydrogen-bond acceptors (Lipinski definition) is 2. The maximum atomic E-state index is 14.1. The lowest BCUT2D eigenvalue weighted by atomic mass is 9.99. The van der Waals surface area contributed by atoms with Crippen molar-refractivity contribution in [3.8, 4) is 0 Å². The highest BCUT2D eigenvalue weighted by Crippen LogP contribution is 2.29. The fraction of sp³-hybridized carbons (Fsp3) is 0.125. The molecule has 5 heteroatoms. The molecule has 0 saturated heterocycles. The number of carbonyl (C=O) groups is 1. The van der Waals surface area contributed by atoms with Crippen LogP contribution in [0.4, 0.5) is 10.1 Å². The van der Waals surface area contributed by atoms with Gasteiger partial charge in [-0.15, -0.1) is 0 Å². The van der Waals surface area contributed by atoms with Crippen molar-refractivity contribution in [2.75, 3.05) is 18.5 Å². The Morgan fingerprint density at radius 1 is 1.19 bits per heavy atom. The first-order chi connectivity index (χ1) is 10.1. The topological polar surface area (TPSA) is 32.7 Å². The Morgan fingerprint density at radius 2 is 1.95 bits per heavy atom. The third kappa shape index (κ3) is 2.43. The van der Waals surface area contributed by atoms with Crippen molar-refractivity contribution in [2.24, 2.45) is 4.99 Å². The van der Waals surface area contributed by atoms with Crippen LogP contribution in [0.2, 0.25) is 5.02 Å². The SMILES string of the molecule is [11CH3]N1C(=O)CN=C(c2ccccc2F)c2cc(Cl)ccc21. The maximum Gasteiger partial charge on any atom is 0.248 e. The van der Waals surface area contributed by atoms with Crippen LogP contribution in [0.25, 0.3) is 0 Å². The Labute approximate surface area is 126 Å². The van der Waals surface area contributed by atoms with Gasteiger partial charge in [-0.2, -0.15) is 0 Å². The molecular formula is C16H12ClFN2O. The summed E-state index contributed by atoms with van der Waals surface area (Å²) in [5.74, 6) is -0.524. The van der Waals surface area contributed by atoms with Gasteiger partial charge in [-0.05, 0) is 30.3 Å². The summed E-state index contributed by atoms with van der Waals surface area (Å²) < 4.78 is 14.1. The van der Waals surface area contributed by atoms with Crippen LogP contribution in [0.5, 0.6) is 0 Å². The molecule has 0 aliphatic carbocycles. The molecule has 0 atom stereocenters. The fourth-order valence-corrected chi connectivity index (χ4v) is 2.52. The van der Waals surface area contributed by atoms with Crippen molar-refractivity contribution in [3.05, 3.63) is 64.4 Å². The molecule has 1 amide bonds. The lowest BCUT2D eigenvalue weighted by Gasteiger charge is -2.18. The van der Waals surface area contributed by atoms with E-state index in [0.717, 1.165) is 0 Å². The van der Waals surface area contributed by atoms with Gasteiger partial charge in [-0.1, -0.05) is 23.7 Å². The Balaban J connectivity index is 2.26. The molecule has 106 valence electrons. The molecule has 1 aliphatic heterocycles. The Morgan fingerprint density at radius 3 is 2.71 bits per heavy atom. The zero-order valence-corrected chi connectivity index (χ0v) is 12.1. The highest BCUT2D eigenvalue weighted by molar-refractivity contribution is 6.32. The summed E-state index contributed by atoms with van der Waals surface area (Å²) in [5.41, 5.74) is 2.14. The Kier molecular flexibility index (Phi) is 3.47. The van der Waals surface area contributed by atoms with Gasteiger partial charge in [0, 0.05) is 23.2 Å². The van der Waals surface area contributed by atoms with Gasteiger partial charge in [0.05, 0.1) is 11.4 Å². The molecule has 3 nitrogen and oxygen atoms in total. The number of nitrogens with zero attached hydrogens (tertiary/aromatic N) is 2. The van der Waals surface area contributed by atoms with Gasteiger partial charge in [0.25, 0.3) is 0 Å². The molecule has 0 aromatic heterocycles. The maximum absolute atomic E-state index is 14.1. The second-order valence-electron chi connectivity index (χ2n) is 4.76. The van der Waals surface area contributed by atoms with E-state index in [-0.39, 0.29) is 18.3 Å². The third-order valence-corrected chi connectivity index (χ3v) is 3.69. The van der Waals surface area contributed by atoms with Gasteiger partial charge in [0.2, 0.25) is 5.91 Å². The second kappa shape index (κ2) is 5.30. The fourth-order valence-electron chi connectivity index (χ4n) is 2.35. The van der Waals surface area contributed by atoms with Crippen LogP contribution in [0.15, 0.2) is 47.5 Å². The summed E-state index contributed by atoms with van der Waals surface area (Å²) in [5, 5.41) is 0.514. The second-order valence-corrected chi connectivity index (χ2v) is 5.20. The molecule has 3 rings (SSSR count). The van der Waals surface area contributed by atoms with Crippen molar-refractivity contribution < 1.29 is 9.18 Å². The average molecular weight is 302 g/mol. The van der Waals surface area contributed by atoms with E-state index in [4.69, 9.17) is 11.6 Å². The number of anilines is 1.